The third-order valence-electron chi connectivity index (χ3n) is 9.45. The van der Waals surface area contributed by atoms with E-state index in [0.29, 0.717) is 57.0 Å². The van der Waals surface area contributed by atoms with Crippen LogP contribution in [0.3, 0.4) is 0 Å². The molecule has 2 amide bonds. The molecule has 3 heterocycles. The molecule has 0 unspecified atom stereocenters. The fourth-order valence-electron chi connectivity index (χ4n) is 6.57. The van der Waals surface area contributed by atoms with Crippen molar-refractivity contribution >= 4 is 46.4 Å². The third-order valence-corrected chi connectivity index (χ3v) is 9.45. The summed E-state index contributed by atoms with van der Waals surface area (Å²) in [6.45, 7) is 6.27. The number of pyridine rings is 1. The molecule has 3 aromatic rings. The van der Waals surface area contributed by atoms with Crippen LogP contribution in [-0.4, -0.2) is 90.6 Å². The number of likely N-dealkylation sites (tertiary alicyclic amines) is 1. The van der Waals surface area contributed by atoms with Gasteiger partial charge in [-0.1, -0.05) is 30.3 Å². The second-order valence-corrected chi connectivity index (χ2v) is 12.9. The average Bonchev–Trinajstić information content (AvgIpc) is 3.52. The lowest BCUT2D eigenvalue weighted by atomic mass is 9.87. The Kier molecular flexibility index (Phi) is 11.0. The van der Waals surface area contributed by atoms with Crippen LogP contribution in [0.1, 0.15) is 54.6 Å². The maximum absolute atomic E-state index is 14.1. The van der Waals surface area contributed by atoms with Gasteiger partial charge in [-0.2, -0.15) is 18.3 Å². The number of hydrazone groups is 1. The smallest absolute Gasteiger partial charge is 0.398 e. The van der Waals surface area contributed by atoms with Crippen LogP contribution < -0.4 is 16.5 Å². The summed E-state index contributed by atoms with van der Waals surface area (Å²) < 4.78 is 39.9. The highest BCUT2D eigenvalue weighted by atomic mass is 19.4. The van der Waals surface area contributed by atoms with Crippen molar-refractivity contribution in [2.45, 2.75) is 32.9 Å². The number of nitrogens with two attached hydrogens (primary N) is 2. The van der Waals surface area contributed by atoms with Crippen molar-refractivity contribution in [2.24, 2.45) is 21.4 Å². The SMILES string of the molecule is CCN(C(=O)[C@]1(C)CCN(CC(=O)N2CC=C(c3ccc(C(C=NC)=NN)cc3)CC2)C1)c1ccc(N)c(C(=N)c2ccnc(C(F)(F)F)c2)c1. The Morgan fingerprint density at radius 3 is 2.47 bits per heavy atom. The van der Waals surface area contributed by atoms with Gasteiger partial charge in [-0.15, -0.1) is 0 Å². The van der Waals surface area contributed by atoms with Crippen molar-refractivity contribution in [3.05, 3.63) is 94.8 Å². The molecule has 2 aliphatic heterocycles. The van der Waals surface area contributed by atoms with Gasteiger partial charge in [0.15, 0.2) is 0 Å². The Hall–Kier alpha value is -5.37. The van der Waals surface area contributed by atoms with Gasteiger partial charge in [-0.05, 0) is 74.7 Å². The molecule has 2 aliphatic rings. The van der Waals surface area contributed by atoms with E-state index in [4.69, 9.17) is 17.0 Å². The molecule has 1 atom stereocenters. The number of nitrogen functional groups attached to an aromatic ring is 1. The lowest BCUT2D eigenvalue weighted by Gasteiger charge is -2.32. The summed E-state index contributed by atoms with van der Waals surface area (Å²) >= 11 is 0. The predicted molar refractivity (Wildman–Crippen MR) is 194 cm³/mol. The maximum Gasteiger partial charge on any atom is 0.433 e. The van der Waals surface area contributed by atoms with E-state index in [0.717, 1.165) is 29.0 Å². The van der Waals surface area contributed by atoms with Crippen LogP contribution in [0.25, 0.3) is 5.57 Å². The summed E-state index contributed by atoms with van der Waals surface area (Å²) in [7, 11) is 1.66. The van der Waals surface area contributed by atoms with Gasteiger partial charge in [0.1, 0.15) is 11.4 Å². The quantitative estimate of drug-likeness (QED) is 0.119. The number of carbonyl (C=O) groups is 2. The number of nitrogens with one attached hydrogen (secondary N) is 1. The molecule has 0 saturated carbocycles. The molecule has 11 nitrogen and oxygen atoms in total. The second-order valence-electron chi connectivity index (χ2n) is 12.9. The summed E-state index contributed by atoms with van der Waals surface area (Å²) in [5, 5.41) is 12.4. The molecule has 5 rings (SSSR count). The normalized spacial score (nSPS) is 18.6. The van der Waals surface area contributed by atoms with Crippen molar-refractivity contribution < 1.29 is 22.8 Å². The van der Waals surface area contributed by atoms with Gasteiger partial charge >= 0.3 is 6.18 Å². The number of alkyl halides is 3. The lowest BCUT2D eigenvalue weighted by Crippen LogP contribution is -2.46. The van der Waals surface area contributed by atoms with Gasteiger partial charge < -0.3 is 21.4 Å². The minimum atomic E-state index is -4.66. The van der Waals surface area contributed by atoms with Crippen molar-refractivity contribution in [3.63, 3.8) is 0 Å². The maximum atomic E-state index is 14.1. The topological polar surface area (TPSA) is 157 Å². The molecule has 0 bridgehead atoms. The van der Waals surface area contributed by atoms with Crippen LogP contribution >= 0.6 is 0 Å². The average molecular weight is 702 g/mol. The summed E-state index contributed by atoms with van der Waals surface area (Å²) in [6.07, 6.45) is 1.28. The second kappa shape index (κ2) is 15.3. The molecule has 2 aromatic carbocycles. The zero-order valence-corrected chi connectivity index (χ0v) is 28.9. The van der Waals surface area contributed by atoms with Crippen LogP contribution in [0.4, 0.5) is 24.5 Å². The summed E-state index contributed by atoms with van der Waals surface area (Å²) in [5.41, 5.74) is 8.63. The molecule has 1 fully saturated rings. The first-order chi connectivity index (χ1) is 24.3. The number of hydrogen-bond acceptors (Lipinski definition) is 9. The third kappa shape index (κ3) is 8.17. The van der Waals surface area contributed by atoms with Gasteiger partial charge in [-0.3, -0.25) is 29.9 Å². The number of rotatable bonds is 10. The number of carbonyl (C=O) groups excluding carboxylic acids is 2. The van der Waals surface area contributed by atoms with Crippen LogP contribution in [0, 0.1) is 10.8 Å². The Balaban J connectivity index is 1.22. The van der Waals surface area contributed by atoms with Gasteiger partial charge in [0.25, 0.3) is 0 Å². The molecular weight excluding hydrogens is 659 g/mol. The molecule has 14 heteroatoms. The highest BCUT2D eigenvalue weighted by molar-refractivity contribution is 6.38. The van der Waals surface area contributed by atoms with E-state index in [9.17, 15) is 22.8 Å². The number of nitrogens with zero attached hydrogens (tertiary/aromatic N) is 6. The van der Waals surface area contributed by atoms with Gasteiger partial charge in [-0.25, -0.2) is 0 Å². The Bertz CT molecular complexity index is 1890. The lowest BCUT2D eigenvalue weighted by molar-refractivity contribution is -0.141. The largest absolute Gasteiger partial charge is 0.433 e. The van der Waals surface area contributed by atoms with E-state index in [1.54, 1.807) is 36.4 Å². The zero-order valence-electron chi connectivity index (χ0n) is 28.9. The highest BCUT2D eigenvalue weighted by Gasteiger charge is 2.43. The van der Waals surface area contributed by atoms with Crippen LogP contribution in [0.15, 0.2) is 77.0 Å². The van der Waals surface area contributed by atoms with Crippen LogP contribution in [-0.2, 0) is 15.8 Å². The highest BCUT2D eigenvalue weighted by Crippen LogP contribution is 2.35. The number of anilines is 2. The number of aromatic nitrogens is 1. The summed E-state index contributed by atoms with van der Waals surface area (Å²) in [6, 6.07) is 14.8. The molecular formula is C37H42F3N9O2. The van der Waals surface area contributed by atoms with E-state index in [-0.39, 0.29) is 40.9 Å². The van der Waals surface area contributed by atoms with E-state index >= 15 is 0 Å². The molecule has 0 aliphatic carbocycles. The van der Waals surface area contributed by atoms with Crippen molar-refractivity contribution in [2.75, 3.05) is 56.9 Å². The van der Waals surface area contributed by atoms with Crippen molar-refractivity contribution in [1.29, 1.82) is 5.41 Å². The number of aliphatic imine (C=N–C) groups is 1. The van der Waals surface area contributed by atoms with E-state index in [2.05, 4.69) is 21.2 Å². The monoisotopic (exact) mass is 701 g/mol. The first-order valence-electron chi connectivity index (χ1n) is 16.6. The minimum absolute atomic E-state index is 0.00109. The Labute approximate surface area is 295 Å². The first kappa shape index (κ1) is 36.9. The van der Waals surface area contributed by atoms with Gasteiger partial charge in [0.05, 0.1) is 17.7 Å². The van der Waals surface area contributed by atoms with Crippen molar-refractivity contribution in [1.82, 2.24) is 14.8 Å². The standard InChI is InChI=1S/C37H42F3N9O2/c1-4-49(28-9-10-30(41)29(20-28)34(42)27-11-15-45-32(19-27)37(38,39)40)35(51)36(2)14-18-47(23-36)22-33(50)48-16-12-25(13-17-48)24-5-7-26(8-6-24)31(46-43)21-44-3/h5-12,15,19-21,42H,4,13-14,16-18,22-23,41,43H2,1-3H3/t36-/m1/s1. The van der Waals surface area contributed by atoms with Crippen molar-refractivity contribution in [3.8, 4) is 0 Å². The van der Waals surface area contributed by atoms with E-state index in [1.807, 2.05) is 47.9 Å². The molecule has 268 valence electrons. The molecule has 5 N–H and O–H groups in total. The number of hydrogen-bond donors (Lipinski definition) is 3. The number of benzene rings is 2. The molecule has 51 heavy (non-hydrogen) atoms. The Morgan fingerprint density at radius 2 is 1.84 bits per heavy atom. The van der Waals surface area contributed by atoms with E-state index < -0.39 is 17.3 Å². The summed E-state index contributed by atoms with van der Waals surface area (Å²) in [4.78, 5) is 40.2. The molecule has 0 radical (unpaired) electrons. The van der Waals surface area contributed by atoms with Crippen LogP contribution in [0.5, 0.6) is 0 Å². The fraction of sp³-hybridized carbons (Fsp3) is 0.351. The Morgan fingerprint density at radius 1 is 1.10 bits per heavy atom. The number of amides is 2. The van der Waals surface area contributed by atoms with E-state index in [1.165, 1.54) is 6.07 Å². The molecule has 1 saturated heterocycles. The number of halogens is 3. The molecule has 1 aromatic heterocycles. The molecule has 0 spiro atoms. The predicted octanol–water partition coefficient (Wildman–Crippen LogP) is 4.84. The first-order valence-corrected chi connectivity index (χ1v) is 16.6. The minimum Gasteiger partial charge on any atom is -0.398 e. The van der Waals surface area contributed by atoms with Gasteiger partial charge in [0, 0.05) is 73.7 Å². The zero-order chi connectivity index (χ0) is 36.9. The fourth-order valence-corrected chi connectivity index (χ4v) is 6.57. The van der Waals surface area contributed by atoms with Crippen LogP contribution in [0.2, 0.25) is 0 Å². The van der Waals surface area contributed by atoms with Gasteiger partial charge in [0.2, 0.25) is 11.8 Å². The summed E-state index contributed by atoms with van der Waals surface area (Å²) in [5.74, 6) is 5.34.